The maximum absolute atomic E-state index is 14.0. The van der Waals surface area contributed by atoms with Gasteiger partial charge in [0, 0.05) is 49.0 Å². The molecule has 0 bridgehead atoms. The number of carbonyl (C=O) groups excluding carboxylic acids is 1. The first-order valence-corrected chi connectivity index (χ1v) is 9.63. The number of likely N-dealkylation sites (tertiary alicyclic amines) is 1. The van der Waals surface area contributed by atoms with Crippen LogP contribution in [-0.4, -0.2) is 38.4 Å². The van der Waals surface area contributed by atoms with Crippen molar-refractivity contribution in [3.63, 3.8) is 0 Å². The second-order valence-electron chi connectivity index (χ2n) is 7.29. The van der Waals surface area contributed by atoms with Crippen molar-refractivity contribution in [2.45, 2.75) is 45.6 Å². The Labute approximate surface area is 158 Å². The number of aromatic nitrogens is 3. The molecule has 0 unspecified atom stereocenters. The lowest BCUT2D eigenvalue weighted by Gasteiger charge is -2.32. The monoisotopic (exact) mass is 368 g/mol. The van der Waals surface area contributed by atoms with E-state index < -0.39 is 0 Å². The molecular formula is C21H25FN4O. The Kier molecular flexibility index (Phi) is 4.72. The third kappa shape index (κ3) is 3.24. The summed E-state index contributed by atoms with van der Waals surface area (Å²) >= 11 is 0. The fraction of sp³-hybridized carbons (Fsp3) is 0.429. The minimum absolute atomic E-state index is 0.112. The van der Waals surface area contributed by atoms with Crippen LogP contribution in [0.25, 0.3) is 10.9 Å². The molecule has 0 radical (unpaired) electrons. The summed E-state index contributed by atoms with van der Waals surface area (Å²) in [6.07, 6.45) is 6.05. The van der Waals surface area contributed by atoms with Crippen molar-refractivity contribution >= 4 is 16.8 Å². The minimum Gasteiger partial charge on any atom is -0.356 e. The minimum atomic E-state index is -0.276. The Morgan fingerprint density at radius 3 is 2.85 bits per heavy atom. The van der Waals surface area contributed by atoms with Crippen LogP contribution < -0.4 is 0 Å². The molecule has 0 atom stereocenters. The molecule has 1 fully saturated rings. The molecular weight excluding hydrogens is 343 g/mol. The molecule has 0 spiro atoms. The predicted octanol–water partition coefficient (Wildman–Crippen LogP) is 3.78. The van der Waals surface area contributed by atoms with Crippen LogP contribution >= 0.6 is 0 Å². The topological polar surface area (TPSA) is 53.9 Å². The zero-order chi connectivity index (χ0) is 19.0. The molecule has 27 heavy (non-hydrogen) atoms. The molecule has 6 heteroatoms. The highest BCUT2D eigenvalue weighted by Gasteiger charge is 2.27. The molecule has 1 aliphatic heterocycles. The van der Waals surface area contributed by atoms with Gasteiger partial charge in [-0.15, -0.1) is 0 Å². The van der Waals surface area contributed by atoms with E-state index >= 15 is 0 Å². The summed E-state index contributed by atoms with van der Waals surface area (Å²) in [5.41, 5.74) is 2.25. The Morgan fingerprint density at radius 1 is 1.33 bits per heavy atom. The number of rotatable bonds is 4. The lowest BCUT2D eigenvalue weighted by molar-refractivity contribution is -0.131. The molecule has 4 rings (SSSR count). The quantitative estimate of drug-likeness (QED) is 0.762. The van der Waals surface area contributed by atoms with Gasteiger partial charge in [-0.25, -0.2) is 9.37 Å². The molecule has 5 nitrogen and oxygen atoms in total. The smallest absolute Gasteiger partial charge is 0.227 e. The van der Waals surface area contributed by atoms with Gasteiger partial charge in [-0.1, -0.05) is 12.1 Å². The summed E-state index contributed by atoms with van der Waals surface area (Å²) in [7, 11) is 0. The van der Waals surface area contributed by atoms with Crippen molar-refractivity contribution in [2.75, 3.05) is 13.1 Å². The average Bonchev–Trinajstić information content (AvgIpc) is 3.28. The Morgan fingerprint density at radius 2 is 2.11 bits per heavy atom. The zero-order valence-electron chi connectivity index (χ0n) is 15.8. The molecule has 1 aromatic carbocycles. The zero-order valence-corrected chi connectivity index (χ0v) is 15.8. The number of aryl methyl sites for hydroxylation is 2. The van der Waals surface area contributed by atoms with Crippen LogP contribution in [0, 0.1) is 12.7 Å². The maximum atomic E-state index is 14.0. The highest BCUT2D eigenvalue weighted by molar-refractivity contribution is 5.90. The summed E-state index contributed by atoms with van der Waals surface area (Å²) < 4.78 is 16.2. The molecule has 0 saturated carbocycles. The highest BCUT2D eigenvalue weighted by atomic mass is 19.1. The highest BCUT2D eigenvalue weighted by Crippen LogP contribution is 2.29. The standard InChI is InChI=1S/C21H25FN4O/c1-3-25-12-9-23-21(25)15-7-10-26(11-8-15)19(27)13-17-14(2)24-20-16(17)5-4-6-18(20)22/h4-6,9,12,15,24H,3,7-8,10-11,13H2,1-2H3. The molecule has 1 amide bonds. The van der Waals surface area contributed by atoms with Gasteiger partial charge in [0.15, 0.2) is 0 Å². The van der Waals surface area contributed by atoms with Crippen molar-refractivity contribution in [1.29, 1.82) is 0 Å². The molecule has 1 N–H and O–H groups in total. The number of para-hydroxylation sites is 1. The Bertz CT molecular complexity index is 966. The number of amides is 1. The third-order valence-electron chi connectivity index (χ3n) is 5.73. The first-order valence-electron chi connectivity index (χ1n) is 9.63. The van der Waals surface area contributed by atoms with E-state index in [1.54, 1.807) is 6.07 Å². The van der Waals surface area contributed by atoms with E-state index in [-0.39, 0.29) is 11.7 Å². The Balaban J connectivity index is 1.45. The number of aromatic amines is 1. The second kappa shape index (κ2) is 7.18. The van der Waals surface area contributed by atoms with Gasteiger partial charge in [-0.2, -0.15) is 0 Å². The van der Waals surface area contributed by atoms with E-state index in [1.807, 2.05) is 30.3 Å². The fourth-order valence-corrected chi connectivity index (χ4v) is 4.19. The maximum Gasteiger partial charge on any atom is 0.227 e. The number of imidazole rings is 1. The summed E-state index contributed by atoms with van der Waals surface area (Å²) in [4.78, 5) is 22.4. The normalized spacial score (nSPS) is 15.6. The molecule has 3 heterocycles. The van der Waals surface area contributed by atoms with Crippen molar-refractivity contribution < 1.29 is 9.18 Å². The molecule has 2 aromatic heterocycles. The van der Waals surface area contributed by atoms with Gasteiger partial charge in [0.2, 0.25) is 5.91 Å². The molecule has 3 aromatic rings. The number of halogens is 1. The summed E-state index contributed by atoms with van der Waals surface area (Å²) in [5, 5.41) is 0.806. The van der Waals surface area contributed by atoms with Crippen LogP contribution in [0.2, 0.25) is 0 Å². The lowest BCUT2D eigenvalue weighted by atomic mass is 9.95. The van der Waals surface area contributed by atoms with Crippen molar-refractivity contribution in [2.24, 2.45) is 0 Å². The van der Waals surface area contributed by atoms with Crippen LogP contribution in [-0.2, 0) is 17.8 Å². The number of H-pyrrole nitrogens is 1. The Hall–Kier alpha value is -2.63. The van der Waals surface area contributed by atoms with Crippen molar-refractivity contribution in [3.05, 3.63) is 53.5 Å². The predicted molar refractivity (Wildman–Crippen MR) is 103 cm³/mol. The largest absolute Gasteiger partial charge is 0.356 e. The number of benzene rings is 1. The number of nitrogens with zero attached hydrogens (tertiary/aromatic N) is 3. The van der Waals surface area contributed by atoms with Gasteiger partial charge in [-0.3, -0.25) is 4.79 Å². The van der Waals surface area contributed by atoms with E-state index in [4.69, 9.17) is 0 Å². The summed E-state index contributed by atoms with van der Waals surface area (Å²) in [6.45, 7) is 6.44. The first kappa shape index (κ1) is 17.8. The van der Waals surface area contributed by atoms with E-state index in [1.165, 1.54) is 6.07 Å². The van der Waals surface area contributed by atoms with Crippen LogP contribution in [0.1, 0.15) is 42.8 Å². The van der Waals surface area contributed by atoms with Crippen LogP contribution in [0.4, 0.5) is 4.39 Å². The SMILES string of the molecule is CCn1ccnc1C1CCN(C(=O)Cc2c(C)[nH]c3c(F)cccc23)CC1. The number of fused-ring (bicyclic) bond motifs is 1. The lowest BCUT2D eigenvalue weighted by Crippen LogP contribution is -2.39. The van der Waals surface area contributed by atoms with Gasteiger partial charge in [-0.05, 0) is 38.3 Å². The van der Waals surface area contributed by atoms with Crippen LogP contribution in [0.3, 0.4) is 0 Å². The second-order valence-corrected chi connectivity index (χ2v) is 7.29. The number of piperidine rings is 1. The van der Waals surface area contributed by atoms with Crippen molar-refractivity contribution in [1.82, 2.24) is 19.4 Å². The van der Waals surface area contributed by atoms with E-state index in [0.717, 1.165) is 54.9 Å². The van der Waals surface area contributed by atoms with Crippen molar-refractivity contribution in [3.8, 4) is 0 Å². The molecule has 1 saturated heterocycles. The number of hydrogen-bond acceptors (Lipinski definition) is 2. The summed E-state index contributed by atoms with van der Waals surface area (Å²) in [5.74, 6) is 1.38. The summed E-state index contributed by atoms with van der Waals surface area (Å²) in [6, 6.07) is 5.01. The van der Waals surface area contributed by atoms with Crippen LogP contribution in [0.5, 0.6) is 0 Å². The number of nitrogens with one attached hydrogen (secondary N) is 1. The molecule has 0 aliphatic carbocycles. The van der Waals surface area contributed by atoms with Gasteiger partial charge in [0.1, 0.15) is 11.6 Å². The van der Waals surface area contributed by atoms with Crippen LogP contribution in [0.15, 0.2) is 30.6 Å². The van der Waals surface area contributed by atoms with Gasteiger partial charge < -0.3 is 14.5 Å². The van der Waals surface area contributed by atoms with E-state index in [2.05, 4.69) is 21.5 Å². The molecule has 1 aliphatic rings. The van der Waals surface area contributed by atoms with Gasteiger partial charge in [0.05, 0.1) is 11.9 Å². The number of hydrogen-bond donors (Lipinski definition) is 1. The fourth-order valence-electron chi connectivity index (χ4n) is 4.19. The average molecular weight is 368 g/mol. The van der Waals surface area contributed by atoms with E-state index in [9.17, 15) is 9.18 Å². The first-order chi connectivity index (χ1) is 13.1. The van der Waals surface area contributed by atoms with Gasteiger partial charge >= 0.3 is 0 Å². The van der Waals surface area contributed by atoms with Gasteiger partial charge in [0.25, 0.3) is 0 Å². The van der Waals surface area contributed by atoms with E-state index in [0.29, 0.717) is 17.9 Å². The molecule has 142 valence electrons. The third-order valence-corrected chi connectivity index (χ3v) is 5.73. The number of carbonyl (C=O) groups is 1.